The molecular formula is C21H20N2O3S. The van der Waals surface area contributed by atoms with E-state index in [0.717, 1.165) is 19.4 Å². The molecule has 3 aromatic rings. The summed E-state index contributed by atoms with van der Waals surface area (Å²) in [6.07, 6.45) is 3.26. The lowest BCUT2D eigenvalue weighted by Crippen LogP contribution is -2.39. The van der Waals surface area contributed by atoms with E-state index in [4.69, 9.17) is 4.42 Å². The van der Waals surface area contributed by atoms with Crippen LogP contribution in [0.1, 0.15) is 50.7 Å². The average molecular weight is 380 g/mol. The Kier molecular flexibility index (Phi) is 4.81. The van der Waals surface area contributed by atoms with Crippen LogP contribution in [0.5, 0.6) is 0 Å². The fourth-order valence-electron chi connectivity index (χ4n) is 3.54. The van der Waals surface area contributed by atoms with Crippen molar-refractivity contribution in [2.24, 2.45) is 0 Å². The van der Waals surface area contributed by atoms with Crippen LogP contribution in [-0.4, -0.2) is 23.3 Å². The first-order chi connectivity index (χ1) is 13.2. The highest BCUT2D eigenvalue weighted by molar-refractivity contribution is 7.10. The van der Waals surface area contributed by atoms with Gasteiger partial charge >= 0.3 is 0 Å². The molecule has 27 heavy (non-hydrogen) atoms. The average Bonchev–Trinajstić information content (AvgIpc) is 3.39. The summed E-state index contributed by atoms with van der Waals surface area (Å²) in [5, 5.41) is 4.87. The first kappa shape index (κ1) is 17.5. The van der Waals surface area contributed by atoms with Crippen LogP contribution < -0.4 is 5.32 Å². The van der Waals surface area contributed by atoms with E-state index in [1.807, 2.05) is 4.90 Å². The molecule has 1 atom stereocenters. The van der Waals surface area contributed by atoms with Gasteiger partial charge in [-0.25, -0.2) is 0 Å². The Labute approximate surface area is 161 Å². The van der Waals surface area contributed by atoms with E-state index in [9.17, 15) is 9.59 Å². The maximum Gasteiger partial charge on any atom is 0.291 e. The zero-order valence-electron chi connectivity index (χ0n) is 15.0. The third-order valence-corrected chi connectivity index (χ3v) is 5.87. The van der Waals surface area contributed by atoms with Crippen molar-refractivity contribution in [3.8, 4) is 0 Å². The van der Waals surface area contributed by atoms with Gasteiger partial charge in [-0.15, -0.1) is 11.3 Å². The number of thiophene rings is 1. The molecule has 3 heterocycles. The lowest BCUT2D eigenvalue weighted by molar-refractivity contribution is 0.0657. The summed E-state index contributed by atoms with van der Waals surface area (Å²) in [7, 11) is 0. The number of nitrogens with one attached hydrogen (secondary N) is 1. The van der Waals surface area contributed by atoms with E-state index in [-0.39, 0.29) is 23.6 Å². The topological polar surface area (TPSA) is 62.6 Å². The van der Waals surface area contributed by atoms with Crippen LogP contribution in [0.4, 0.5) is 5.69 Å². The van der Waals surface area contributed by atoms with E-state index in [2.05, 4.69) is 23.7 Å². The lowest BCUT2D eigenvalue weighted by atomic mass is 9.97. The summed E-state index contributed by atoms with van der Waals surface area (Å²) in [5.74, 6) is -0.0328. The second-order valence-electron chi connectivity index (χ2n) is 6.48. The Morgan fingerprint density at radius 3 is 2.74 bits per heavy atom. The Morgan fingerprint density at radius 1 is 1.22 bits per heavy atom. The van der Waals surface area contributed by atoms with Gasteiger partial charge in [0.25, 0.3) is 11.8 Å². The molecule has 1 N–H and O–H groups in total. The third kappa shape index (κ3) is 3.40. The van der Waals surface area contributed by atoms with Crippen molar-refractivity contribution in [2.75, 3.05) is 11.9 Å². The number of benzene rings is 1. The maximum absolute atomic E-state index is 13.0. The van der Waals surface area contributed by atoms with Crippen molar-refractivity contribution in [3.63, 3.8) is 0 Å². The fourth-order valence-corrected chi connectivity index (χ4v) is 4.47. The maximum atomic E-state index is 13.0. The van der Waals surface area contributed by atoms with Gasteiger partial charge in [0.15, 0.2) is 5.76 Å². The Hall–Kier alpha value is -2.86. The molecule has 1 aliphatic rings. The standard InChI is InChI=1S/C21H20N2O3S/c1-2-17-16-10-13-27-19(16)9-11-23(17)21(25)14-5-7-15(8-6-14)22-20(24)18-4-3-12-26-18/h3-8,10,12-13,17H,2,9,11H2,1H3,(H,22,24). The minimum atomic E-state index is -0.314. The summed E-state index contributed by atoms with van der Waals surface area (Å²) >= 11 is 1.77. The molecule has 1 aromatic carbocycles. The molecule has 0 aliphatic carbocycles. The second-order valence-corrected chi connectivity index (χ2v) is 7.48. The zero-order valence-corrected chi connectivity index (χ0v) is 15.8. The van der Waals surface area contributed by atoms with Crippen LogP contribution in [0.25, 0.3) is 0 Å². The van der Waals surface area contributed by atoms with Gasteiger partial charge in [-0.3, -0.25) is 9.59 Å². The zero-order chi connectivity index (χ0) is 18.8. The van der Waals surface area contributed by atoms with Gasteiger partial charge < -0.3 is 14.6 Å². The van der Waals surface area contributed by atoms with Crippen LogP contribution in [0.15, 0.2) is 58.5 Å². The molecule has 0 fully saturated rings. The first-order valence-corrected chi connectivity index (χ1v) is 9.87. The van der Waals surface area contributed by atoms with Crippen LogP contribution in [0.3, 0.4) is 0 Å². The van der Waals surface area contributed by atoms with Gasteiger partial charge in [0.05, 0.1) is 12.3 Å². The molecule has 5 nitrogen and oxygen atoms in total. The van der Waals surface area contributed by atoms with Crippen molar-refractivity contribution in [1.82, 2.24) is 4.90 Å². The largest absolute Gasteiger partial charge is 0.459 e. The summed E-state index contributed by atoms with van der Waals surface area (Å²) in [6, 6.07) is 12.5. The van der Waals surface area contributed by atoms with E-state index < -0.39 is 0 Å². The van der Waals surface area contributed by atoms with Crippen LogP contribution >= 0.6 is 11.3 Å². The Morgan fingerprint density at radius 2 is 2.04 bits per heavy atom. The molecule has 2 amide bonds. The van der Waals surface area contributed by atoms with Gasteiger partial charge in [0.2, 0.25) is 0 Å². The van der Waals surface area contributed by atoms with Gasteiger partial charge in [0.1, 0.15) is 0 Å². The first-order valence-electron chi connectivity index (χ1n) is 8.99. The minimum Gasteiger partial charge on any atom is -0.459 e. The van der Waals surface area contributed by atoms with Gasteiger partial charge in [0, 0.05) is 22.7 Å². The molecule has 0 saturated heterocycles. The smallest absolute Gasteiger partial charge is 0.291 e. The Bertz CT molecular complexity index is 944. The molecule has 2 aromatic heterocycles. The van der Waals surface area contributed by atoms with Gasteiger partial charge in [-0.1, -0.05) is 6.92 Å². The van der Waals surface area contributed by atoms with E-state index in [1.54, 1.807) is 47.7 Å². The molecule has 0 bridgehead atoms. The fraction of sp³-hybridized carbons (Fsp3) is 0.238. The summed E-state index contributed by atoms with van der Waals surface area (Å²) in [6.45, 7) is 2.85. The second kappa shape index (κ2) is 7.40. The summed E-state index contributed by atoms with van der Waals surface area (Å²) < 4.78 is 5.08. The number of carbonyl (C=O) groups is 2. The minimum absolute atomic E-state index is 0.0302. The number of hydrogen-bond acceptors (Lipinski definition) is 4. The summed E-state index contributed by atoms with van der Waals surface area (Å²) in [4.78, 5) is 28.4. The van der Waals surface area contributed by atoms with Crippen molar-refractivity contribution in [1.29, 1.82) is 0 Å². The molecule has 138 valence electrons. The van der Waals surface area contributed by atoms with Crippen molar-refractivity contribution >= 4 is 28.8 Å². The highest BCUT2D eigenvalue weighted by atomic mass is 32.1. The van der Waals surface area contributed by atoms with Gasteiger partial charge in [-0.05, 0) is 66.2 Å². The number of rotatable bonds is 4. The quantitative estimate of drug-likeness (QED) is 0.711. The van der Waals surface area contributed by atoms with Crippen LogP contribution in [0.2, 0.25) is 0 Å². The number of anilines is 1. The Balaban J connectivity index is 1.49. The SMILES string of the molecule is CCC1c2ccsc2CCN1C(=O)c1ccc(NC(=O)c2ccco2)cc1. The van der Waals surface area contributed by atoms with Crippen LogP contribution in [-0.2, 0) is 6.42 Å². The number of carbonyl (C=O) groups excluding carboxylic acids is 2. The number of furan rings is 1. The van der Waals surface area contributed by atoms with Crippen LogP contribution in [0, 0.1) is 0 Å². The van der Waals surface area contributed by atoms with E-state index in [0.29, 0.717) is 11.3 Å². The number of amides is 2. The van der Waals surface area contributed by atoms with E-state index >= 15 is 0 Å². The highest BCUT2D eigenvalue weighted by Gasteiger charge is 2.30. The molecule has 1 unspecified atom stereocenters. The van der Waals surface area contributed by atoms with Crippen molar-refractivity contribution in [2.45, 2.75) is 25.8 Å². The summed E-state index contributed by atoms with van der Waals surface area (Å²) in [5.41, 5.74) is 2.53. The molecule has 0 saturated carbocycles. The third-order valence-electron chi connectivity index (χ3n) is 4.88. The molecule has 0 radical (unpaired) electrons. The molecule has 1 aliphatic heterocycles. The molecule has 4 rings (SSSR count). The highest BCUT2D eigenvalue weighted by Crippen LogP contribution is 2.36. The van der Waals surface area contributed by atoms with Gasteiger partial charge in [-0.2, -0.15) is 0 Å². The molecule has 6 heteroatoms. The predicted molar refractivity (Wildman–Crippen MR) is 105 cm³/mol. The lowest BCUT2D eigenvalue weighted by Gasteiger charge is -2.35. The molecule has 0 spiro atoms. The number of hydrogen-bond donors (Lipinski definition) is 1. The monoisotopic (exact) mass is 380 g/mol. The predicted octanol–water partition coefficient (Wildman–Crippen LogP) is 4.74. The number of fused-ring (bicyclic) bond motifs is 1. The molecular weight excluding hydrogens is 360 g/mol. The number of nitrogens with zero attached hydrogens (tertiary/aromatic N) is 1. The van der Waals surface area contributed by atoms with Crippen molar-refractivity contribution < 1.29 is 14.0 Å². The van der Waals surface area contributed by atoms with E-state index in [1.165, 1.54) is 16.7 Å². The van der Waals surface area contributed by atoms with Crippen molar-refractivity contribution in [3.05, 3.63) is 75.9 Å². The normalized spacial score (nSPS) is 16.0.